The summed E-state index contributed by atoms with van der Waals surface area (Å²) in [4.78, 5) is 0. The molecular formula is C6H3BrCl2Mg. The molecule has 0 aromatic heterocycles. The normalized spacial score (nSPS) is 7.40. The summed E-state index contributed by atoms with van der Waals surface area (Å²) in [6.07, 6.45) is 0. The summed E-state index contributed by atoms with van der Waals surface area (Å²) >= 11 is 11.0. The number of hydrogen-bond donors (Lipinski definition) is 0. The topological polar surface area (TPSA) is 0 Å². The SMILES string of the molecule is Clc1[c-]ccc(Cl)c1.[Br-].[Mg+2]. The van der Waals surface area contributed by atoms with Gasteiger partial charge in [-0.3, -0.25) is 0 Å². The molecule has 1 rings (SSSR count). The Labute approximate surface area is 96.8 Å². The average molecular weight is 250 g/mol. The molecule has 0 heterocycles. The standard InChI is InChI=1S/C6H3Cl2.BrH.Mg/c7-5-2-1-3-6(8)4-5;;/h1-2,4H;1H;/q-1;;+2/p-1. The first-order valence-corrected chi connectivity index (χ1v) is 2.87. The molecule has 0 amide bonds. The molecule has 0 nitrogen and oxygen atoms in total. The summed E-state index contributed by atoms with van der Waals surface area (Å²) in [5.74, 6) is 0. The van der Waals surface area contributed by atoms with Crippen LogP contribution in [0.3, 0.4) is 0 Å². The quantitative estimate of drug-likeness (QED) is 0.427. The molecule has 4 heteroatoms. The molecule has 0 saturated heterocycles. The van der Waals surface area contributed by atoms with Crippen molar-refractivity contribution in [3.8, 4) is 0 Å². The molecule has 0 aliphatic carbocycles. The van der Waals surface area contributed by atoms with Crippen molar-refractivity contribution >= 4 is 46.3 Å². The minimum atomic E-state index is 0. The summed E-state index contributed by atoms with van der Waals surface area (Å²) in [6.45, 7) is 0. The number of rotatable bonds is 0. The van der Waals surface area contributed by atoms with Gasteiger partial charge in [-0.1, -0.05) is 10.0 Å². The van der Waals surface area contributed by atoms with Gasteiger partial charge in [0.1, 0.15) is 0 Å². The summed E-state index contributed by atoms with van der Waals surface area (Å²) in [5, 5.41) is 1.20. The first-order valence-electron chi connectivity index (χ1n) is 2.12. The van der Waals surface area contributed by atoms with Gasteiger partial charge in [-0.15, -0.1) is 29.3 Å². The Morgan fingerprint density at radius 3 is 2.20 bits per heavy atom. The van der Waals surface area contributed by atoms with E-state index in [2.05, 4.69) is 6.07 Å². The van der Waals surface area contributed by atoms with Crippen molar-refractivity contribution in [3.63, 3.8) is 0 Å². The predicted octanol–water partition coefficient (Wildman–Crippen LogP) is -0.583. The number of halogens is 3. The van der Waals surface area contributed by atoms with E-state index >= 15 is 0 Å². The molecule has 0 unspecified atom stereocenters. The zero-order valence-corrected chi connectivity index (χ0v) is 9.59. The minimum Gasteiger partial charge on any atom is -1.00 e. The molecule has 1 aromatic rings. The second-order valence-electron chi connectivity index (χ2n) is 1.35. The van der Waals surface area contributed by atoms with Crippen LogP contribution in [0.2, 0.25) is 10.0 Å². The van der Waals surface area contributed by atoms with Gasteiger partial charge in [0.15, 0.2) is 0 Å². The second-order valence-corrected chi connectivity index (χ2v) is 2.20. The van der Waals surface area contributed by atoms with Crippen molar-refractivity contribution in [1.29, 1.82) is 0 Å². The molecule has 0 atom stereocenters. The third-order valence-electron chi connectivity index (χ3n) is 0.728. The largest absolute Gasteiger partial charge is 2.00 e. The summed E-state index contributed by atoms with van der Waals surface area (Å²) in [7, 11) is 0. The second kappa shape index (κ2) is 6.74. The molecule has 0 radical (unpaired) electrons. The van der Waals surface area contributed by atoms with Gasteiger partial charge in [-0.05, 0) is 0 Å². The first kappa shape index (κ1) is 13.6. The molecule has 0 fully saturated rings. The van der Waals surface area contributed by atoms with Crippen LogP contribution in [-0.4, -0.2) is 23.1 Å². The zero-order valence-electron chi connectivity index (χ0n) is 5.07. The molecule has 0 aliphatic rings. The van der Waals surface area contributed by atoms with Gasteiger partial charge in [0.05, 0.1) is 0 Å². The maximum Gasteiger partial charge on any atom is 2.00 e. The van der Waals surface area contributed by atoms with Crippen molar-refractivity contribution in [2.75, 3.05) is 0 Å². The van der Waals surface area contributed by atoms with Gasteiger partial charge >= 0.3 is 23.1 Å². The third kappa shape index (κ3) is 4.80. The Kier molecular flexibility index (Phi) is 9.18. The van der Waals surface area contributed by atoms with E-state index in [1.165, 1.54) is 0 Å². The Morgan fingerprint density at radius 1 is 1.30 bits per heavy atom. The molecule has 0 saturated carbocycles. The average Bonchev–Trinajstić information content (AvgIpc) is 1.64. The van der Waals surface area contributed by atoms with Crippen molar-refractivity contribution in [2.45, 2.75) is 0 Å². The molecule has 10 heavy (non-hydrogen) atoms. The molecule has 0 N–H and O–H groups in total. The zero-order chi connectivity index (χ0) is 5.98. The first-order chi connectivity index (χ1) is 3.79. The van der Waals surface area contributed by atoms with Gasteiger partial charge in [0.2, 0.25) is 0 Å². The van der Waals surface area contributed by atoms with Crippen molar-refractivity contribution in [3.05, 3.63) is 34.3 Å². The van der Waals surface area contributed by atoms with Crippen LogP contribution in [0.5, 0.6) is 0 Å². The maximum atomic E-state index is 5.54. The maximum absolute atomic E-state index is 5.54. The van der Waals surface area contributed by atoms with Gasteiger partial charge in [-0.2, -0.15) is 18.2 Å². The Bertz CT molecular complexity index is 176. The summed E-state index contributed by atoms with van der Waals surface area (Å²) < 4.78 is 0. The van der Waals surface area contributed by atoms with E-state index in [0.29, 0.717) is 10.0 Å². The fraction of sp³-hybridized carbons (Fsp3) is 0. The fourth-order valence-electron chi connectivity index (χ4n) is 0.412. The molecule has 0 aliphatic heterocycles. The monoisotopic (exact) mass is 248 g/mol. The van der Waals surface area contributed by atoms with E-state index in [9.17, 15) is 0 Å². The van der Waals surface area contributed by atoms with E-state index in [4.69, 9.17) is 23.2 Å². The van der Waals surface area contributed by atoms with Gasteiger partial charge in [-0.25, -0.2) is 0 Å². The molecular weight excluding hydrogens is 247 g/mol. The Hall–Kier alpha value is 1.05. The molecule has 0 bridgehead atoms. The van der Waals surface area contributed by atoms with E-state index in [-0.39, 0.29) is 40.0 Å². The molecule has 50 valence electrons. The van der Waals surface area contributed by atoms with E-state index < -0.39 is 0 Å². The van der Waals surface area contributed by atoms with Crippen molar-refractivity contribution in [1.82, 2.24) is 0 Å². The van der Waals surface area contributed by atoms with E-state index in [1.54, 1.807) is 18.2 Å². The summed E-state index contributed by atoms with van der Waals surface area (Å²) in [6, 6.07) is 7.81. The number of hydrogen-bond acceptors (Lipinski definition) is 0. The van der Waals surface area contributed by atoms with E-state index in [0.717, 1.165) is 0 Å². The minimum absolute atomic E-state index is 0. The third-order valence-corrected chi connectivity index (χ3v) is 1.18. The van der Waals surface area contributed by atoms with Crippen LogP contribution in [0.25, 0.3) is 0 Å². The Balaban J connectivity index is 0. The van der Waals surface area contributed by atoms with Crippen LogP contribution in [0, 0.1) is 6.07 Å². The van der Waals surface area contributed by atoms with Crippen LogP contribution in [0.4, 0.5) is 0 Å². The van der Waals surface area contributed by atoms with Crippen LogP contribution in [0.1, 0.15) is 0 Å². The fourth-order valence-corrected chi connectivity index (χ4v) is 0.820. The molecule has 0 spiro atoms. The van der Waals surface area contributed by atoms with E-state index in [1.807, 2.05) is 0 Å². The molecule has 1 aromatic carbocycles. The van der Waals surface area contributed by atoms with Crippen LogP contribution >= 0.6 is 23.2 Å². The predicted molar refractivity (Wildman–Crippen MR) is 41.1 cm³/mol. The van der Waals surface area contributed by atoms with Crippen LogP contribution in [0.15, 0.2) is 18.2 Å². The van der Waals surface area contributed by atoms with Crippen molar-refractivity contribution in [2.24, 2.45) is 0 Å². The van der Waals surface area contributed by atoms with Gasteiger partial charge in [0.25, 0.3) is 0 Å². The van der Waals surface area contributed by atoms with Gasteiger partial charge < -0.3 is 17.0 Å². The Morgan fingerprint density at radius 2 is 1.90 bits per heavy atom. The van der Waals surface area contributed by atoms with Crippen LogP contribution < -0.4 is 17.0 Å². The van der Waals surface area contributed by atoms with Gasteiger partial charge in [0, 0.05) is 0 Å². The van der Waals surface area contributed by atoms with Crippen LogP contribution in [-0.2, 0) is 0 Å². The number of benzene rings is 1. The summed E-state index contributed by atoms with van der Waals surface area (Å²) in [5.41, 5.74) is 0. The van der Waals surface area contributed by atoms with Crippen molar-refractivity contribution < 1.29 is 17.0 Å². The smallest absolute Gasteiger partial charge is 1.00 e.